The lowest BCUT2D eigenvalue weighted by molar-refractivity contribution is -0.124. The van der Waals surface area contributed by atoms with Crippen molar-refractivity contribution in [2.24, 2.45) is 0 Å². The average Bonchev–Trinajstić information content (AvgIpc) is 3.37. The average molecular weight is 493 g/mol. The first kappa shape index (κ1) is 24.0. The summed E-state index contributed by atoms with van der Waals surface area (Å²) in [6.45, 7) is 1.16. The minimum Gasteiger partial charge on any atom is -0.496 e. The fraction of sp³-hybridized carbons (Fsp3) is 0.435. The Kier molecular flexibility index (Phi) is 7.03. The summed E-state index contributed by atoms with van der Waals surface area (Å²) in [6, 6.07) is 7.08. The first-order valence-corrected chi connectivity index (χ1v) is 12.3. The number of fused-ring (bicyclic) bond motifs is 1. The van der Waals surface area contributed by atoms with Gasteiger partial charge in [-0.25, -0.2) is 8.42 Å². The third kappa shape index (κ3) is 4.58. The van der Waals surface area contributed by atoms with Crippen LogP contribution in [0.5, 0.6) is 28.7 Å². The fourth-order valence-electron chi connectivity index (χ4n) is 4.14. The van der Waals surface area contributed by atoms with E-state index in [4.69, 9.17) is 23.7 Å². The third-order valence-electron chi connectivity index (χ3n) is 5.87. The Labute approximate surface area is 198 Å². The Hall–Kier alpha value is -3.18. The summed E-state index contributed by atoms with van der Waals surface area (Å²) < 4.78 is 55.0. The molecule has 1 fully saturated rings. The van der Waals surface area contributed by atoms with E-state index in [-0.39, 0.29) is 23.9 Å². The number of ether oxygens (including phenoxy) is 5. The molecule has 1 amide bonds. The summed E-state index contributed by atoms with van der Waals surface area (Å²) in [7, 11) is 0.656. The van der Waals surface area contributed by atoms with Gasteiger partial charge in [0, 0.05) is 30.8 Å². The molecule has 34 heavy (non-hydrogen) atoms. The summed E-state index contributed by atoms with van der Waals surface area (Å²) in [6.07, 6.45) is 1.01. The van der Waals surface area contributed by atoms with Gasteiger partial charge in [-0.15, -0.1) is 0 Å². The van der Waals surface area contributed by atoms with E-state index in [9.17, 15) is 13.2 Å². The van der Waals surface area contributed by atoms with Crippen LogP contribution in [0.1, 0.15) is 18.4 Å². The zero-order valence-corrected chi connectivity index (χ0v) is 20.1. The molecule has 2 aliphatic rings. The van der Waals surface area contributed by atoms with Gasteiger partial charge in [-0.2, -0.15) is 4.31 Å². The van der Waals surface area contributed by atoms with Crippen molar-refractivity contribution in [1.82, 2.24) is 9.62 Å². The van der Waals surface area contributed by atoms with E-state index in [1.54, 1.807) is 18.2 Å². The van der Waals surface area contributed by atoms with Crippen molar-refractivity contribution >= 4 is 15.9 Å². The third-order valence-corrected chi connectivity index (χ3v) is 7.77. The molecule has 1 N–H and O–H groups in total. The highest BCUT2D eigenvalue weighted by Gasteiger charge is 2.39. The Morgan fingerprint density at radius 1 is 1.00 bits per heavy atom. The summed E-state index contributed by atoms with van der Waals surface area (Å²) in [5.74, 6) is 2.02. The molecule has 4 rings (SSSR count). The number of nitrogens with one attached hydrogen (secondary N) is 1. The second-order valence-corrected chi connectivity index (χ2v) is 9.71. The van der Waals surface area contributed by atoms with Crippen LogP contribution < -0.4 is 29.0 Å². The summed E-state index contributed by atoms with van der Waals surface area (Å²) >= 11 is 0. The Balaban J connectivity index is 1.51. The lowest BCUT2D eigenvalue weighted by atomic mass is 10.1. The highest BCUT2D eigenvalue weighted by molar-refractivity contribution is 7.89. The molecule has 2 aromatic carbocycles. The number of carbonyl (C=O) groups excluding carboxylic acids is 1. The largest absolute Gasteiger partial charge is 0.496 e. The lowest BCUT2D eigenvalue weighted by Crippen LogP contribution is -2.45. The molecule has 10 nitrogen and oxygen atoms in total. The molecule has 0 bridgehead atoms. The zero-order chi connectivity index (χ0) is 24.3. The Morgan fingerprint density at radius 2 is 1.68 bits per heavy atom. The van der Waals surface area contributed by atoms with E-state index in [0.717, 1.165) is 0 Å². The van der Waals surface area contributed by atoms with Crippen molar-refractivity contribution in [3.63, 3.8) is 0 Å². The number of sulfonamides is 1. The van der Waals surface area contributed by atoms with Gasteiger partial charge in [0.05, 0.1) is 26.2 Å². The summed E-state index contributed by atoms with van der Waals surface area (Å²) in [4.78, 5) is 13.1. The molecule has 2 heterocycles. The van der Waals surface area contributed by atoms with Gasteiger partial charge in [-0.1, -0.05) is 0 Å². The minimum absolute atomic E-state index is 0.0676. The maximum atomic E-state index is 13.4. The van der Waals surface area contributed by atoms with E-state index >= 15 is 0 Å². The van der Waals surface area contributed by atoms with Crippen LogP contribution in [0, 0.1) is 0 Å². The van der Waals surface area contributed by atoms with Crippen LogP contribution in [0.15, 0.2) is 35.2 Å². The highest BCUT2D eigenvalue weighted by Crippen LogP contribution is 2.36. The van der Waals surface area contributed by atoms with Crippen molar-refractivity contribution < 1.29 is 36.9 Å². The molecular formula is C23H28N2O8S. The first-order valence-electron chi connectivity index (χ1n) is 10.9. The highest BCUT2D eigenvalue weighted by atomic mass is 32.2. The Morgan fingerprint density at radius 3 is 2.38 bits per heavy atom. The molecule has 184 valence electrons. The molecule has 1 saturated heterocycles. The molecule has 2 aromatic rings. The molecule has 0 radical (unpaired) electrons. The quantitative estimate of drug-likeness (QED) is 0.595. The number of nitrogens with zero attached hydrogens (tertiary/aromatic N) is 1. The molecule has 1 atom stereocenters. The summed E-state index contributed by atoms with van der Waals surface area (Å²) in [5.41, 5.74) is 0.674. The molecule has 2 aliphatic heterocycles. The molecule has 0 aliphatic carbocycles. The van der Waals surface area contributed by atoms with Gasteiger partial charge in [0.25, 0.3) is 0 Å². The van der Waals surface area contributed by atoms with Crippen LogP contribution in [0.25, 0.3) is 0 Å². The number of methoxy groups -OCH3 is 3. The molecule has 0 saturated carbocycles. The predicted octanol–water partition coefficient (Wildman–Crippen LogP) is 1.95. The van der Waals surface area contributed by atoms with E-state index in [2.05, 4.69) is 5.32 Å². The molecular weight excluding hydrogens is 464 g/mol. The van der Waals surface area contributed by atoms with Gasteiger partial charge in [-0.3, -0.25) is 4.79 Å². The molecule has 0 aromatic heterocycles. The summed E-state index contributed by atoms with van der Waals surface area (Å²) in [5, 5.41) is 2.84. The van der Waals surface area contributed by atoms with Crippen molar-refractivity contribution in [2.45, 2.75) is 30.3 Å². The van der Waals surface area contributed by atoms with Crippen LogP contribution in [0.4, 0.5) is 0 Å². The Bertz CT molecular complexity index is 1170. The van der Waals surface area contributed by atoms with Crippen LogP contribution >= 0.6 is 0 Å². The number of carbonyl (C=O) groups is 1. The van der Waals surface area contributed by atoms with Crippen LogP contribution in [0.2, 0.25) is 0 Å². The van der Waals surface area contributed by atoms with Crippen molar-refractivity contribution in [2.75, 3.05) is 41.1 Å². The zero-order valence-electron chi connectivity index (χ0n) is 19.3. The number of hydrogen-bond donors (Lipinski definition) is 1. The topological polar surface area (TPSA) is 113 Å². The van der Waals surface area contributed by atoms with Crippen molar-refractivity contribution in [3.8, 4) is 28.7 Å². The second kappa shape index (κ2) is 9.98. The van der Waals surface area contributed by atoms with Gasteiger partial charge in [-0.05, 0) is 31.0 Å². The van der Waals surface area contributed by atoms with Gasteiger partial charge in [0.1, 0.15) is 25.0 Å². The molecule has 1 unspecified atom stereocenters. The van der Waals surface area contributed by atoms with Crippen LogP contribution in [-0.4, -0.2) is 65.8 Å². The minimum atomic E-state index is -3.91. The standard InChI is InChI=1S/C23H28N2O8S/c1-29-19-13-21(31-3)20(30-2)11-15(19)14-24-23(26)17-5-4-8-25(17)34(27,28)16-6-7-18-22(12-16)33-10-9-32-18/h6-7,11-13,17H,4-5,8-10,14H2,1-3H3,(H,24,26). The first-order chi connectivity index (χ1) is 16.4. The maximum Gasteiger partial charge on any atom is 0.243 e. The van der Waals surface area contributed by atoms with Gasteiger partial charge in [0.15, 0.2) is 23.0 Å². The van der Waals surface area contributed by atoms with Gasteiger partial charge >= 0.3 is 0 Å². The maximum absolute atomic E-state index is 13.4. The smallest absolute Gasteiger partial charge is 0.243 e. The lowest BCUT2D eigenvalue weighted by Gasteiger charge is -2.25. The van der Waals surface area contributed by atoms with Crippen LogP contribution in [-0.2, 0) is 21.4 Å². The van der Waals surface area contributed by atoms with Crippen LogP contribution in [0.3, 0.4) is 0 Å². The van der Waals surface area contributed by atoms with E-state index in [1.807, 2.05) is 0 Å². The van der Waals surface area contributed by atoms with Gasteiger partial charge in [0.2, 0.25) is 15.9 Å². The normalized spacial score (nSPS) is 17.8. The van der Waals surface area contributed by atoms with E-state index < -0.39 is 16.1 Å². The van der Waals surface area contributed by atoms with E-state index in [0.29, 0.717) is 60.4 Å². The number of hydrogen-bond acceptors (Lipinski definition) is 8. The molecule has 11 heteroatoms. The van der Waals surface area contributed by atoms with Gasteiger partial charge < -0.3 is 29.0 Å². The number of rotatable bonds is 8. The van der Waals surface area contributed by atoms with Crippen molar-refractivity contribution in [3.05, 3.63) is 35.9 Å². The number of benzene rings is 2. The molecule has 0 spiro atoms. The van der Waals surface area contributed by atoms with Crippen molar-refractivity contribution in [1.29, 1.82) is 0 Å². The predicted molar refractivity (Wildman–Crippen MR) is 122 cm³/mol. The second-order valence-electron chi connectivity index (χ2n) is 7.82. The fourth-order valence-corrected chi connectivity index (χ4v) is 5.81. The monoisotopic (exact) mass is 492 g/mol. The SMILES string of the molecule is COc1cc(OC)c(OC)cc1CNC(=O)C1CCCN1S(=O)(=O)c1ccc2c(c1)OCCO2. The number of amides is 1. The van der Waals surface area contributed by atoms with E-state index in [1.165, 1.54) is 37.8 Å².